The maximum absolute atomic E-state index is 12.4. The Bertz CT molecular complexity index is 641. The first-order valence-electron chi connectivity index (χ1n) is 9.03. The molecule has 152 valence electrons. The first-order valence-corrected chi connectivity index (χ1v) is 9.03. The Kier molecular flexibility index (Phi) is 9.38. The molecule has 1 aromatic rings. The summed E-state index contributed by atoms with van der Waals surface area (Å²) < 4.78 is 10.8. The maximum Gasteiger partial charge on any atom is 0.320 e. The Morgan fingerprint density at radius 2 is 2.07 bits per heavy atom. The fraction of sp³-hybridized carbons (Fsp3) is 0.579. The van der Waals surface area contributed by atoms with Crippen LogP contribution in [0.1, 0.15) is 44.7 Å². The molecule has 0 aromatic heterocycles. The van der Waals surface area contributed by atoms with Crippen LogP contribution in [0.25, 0.3) is 0 Å². The van der Waals surface area contributed by atoms with Gasteiger partial charge in [-0.25, -0.2) is 0 Å². The zero-order chi connectivity index (χ0) is 19.1. The van der Waals surface area contributed by atoms with Gasteiger partial charge in [0.05, 0.1) is 26.3 Å². The van der Waals surface area contributed by atoms with Crippen LogP contribution in [-0.4, -0.2) is 54.7 Å². The highest BCUT2D eigenvalue weighted by Crippen LogP contribution is 2.30. The fourth-order valence-corrected chi connectivity index (χ4v) is 3.24. The Morgan fingerprint density at radius 3 is 2.70 bits per heavy atom. The molecule has 8 heteroatoms. The minimum atomic E-state index is -0.859. The van der Waals surface area contributed by atoms with Crippen molar-refractivity contribution in [1.29, 1.82) is 0 Å². The molecule has 0 bridgehead atoms. The molecule has 0 aliphatic carbocycles. The number of benzene rings is 1. The van der Waals surface area contributed by atoms with Gasteiger partial charge >= 0.3 is 5.97 Å². The molecule has 1 fully saturated rings. The molecular formula is C19H29ClN2O5. The predicted molar refractivity (Wildman–Crippen MR) is 105 cm³/mol. The second kappa shape index (κ2) is 11.0. The maximum atomic E-state index is 12.4. The summed E-state index contributed by atoms with van der Waals surface area (Å²) in [7, 11) is 1.58. The highest BCUT2D eigenvalue weighted by Gasteiger charge is 2.29. The summed E-state index contributed by atoms with van der Waals surface area (Å²) in [5.41, 5.74) is 0.895. The van der Waals surface area contributed by atoms with E-state index in [0.717, 1.165) is 18.4 Å². The first-order chi connectivity index (χ1) is 12.5. The number of nitrogens with zero attached hydrogens (tertiary/aromatic N) is 1. The monoisotopic (exact) mass is 400 g/mol. The molecule has 0 radical (unpaired) electrons. The largest absolute Gasteiger partial charge is 0.493 e. The third-order valence-corrected chi connectivity index (χ3v) is 4.61. The number of carboxylic acids is 1. The van der Waals surface area contributed by atoms with Crippen LogP contribution in [0, 0.1) is 0 Å². The van der Waals surface area contributed by atoms with Crippen LogP contribution in [0.5, 0.6) is 11.5 Å². The molecule has 2 N–H and O–H groups in total. The number of likely N-dealkylation sites (tertiary alicyclic amines) is 1. The Labute approximate surface area is 166 Å². The lowest BCUT2D eigenvalue weighted by Gasteiger charge is -2.32. The summed E-state index contributed by atoms with van der Waals surface area (Å²) in [6.07, 6.45) is 2.40. The van der Waals surface area contributed by atoms with E-state index in [0.29, 0.717) is 31.1 Å². The van der Waals surface area contributed by atoms with Gasteiger partial charge in [0, 0.05) is 0 Å². The smallest absolute Gasteiger partial charge is 0.320 e. The topological polar surface area (TPSA) is 88.1 Å². The molecule has 2 unspecified atom stereocenters. The van der Waals surface area contributed by atoms with E-state index < -0.39 is 12.0 Å². The van der Waals surface area contributed by atoms with Crippen molar-refractivity contribution >= 4 is 24.3 Å². The number of hydrogen-bond acceptors (Lipinski definition) is 5. The Hall–Kier alpha value is -1.99. The average molecular weight is 401 g/mol. The van der Waals surface area contributed by atoms with E-state index in [9.17, 15) is 14.7 Å². The molecule has 0 saturated carbocycles. The second-order valence-corrected chi connectivity index (χ2v) is 6.45. The van der Waals surface area contributed by atoms with Crippen LogP contribution in [0.4, 0.5) is 0 Å². The lowest BCUT2D eigenvalue weighted by atomic mass is 10.0. The number of rotatable bonds is 8. The fourth-order valence-electron chi connectivity index (χ4n) is 3.24. The number of ether oxygens (including phenoxy) is 2. The van der Waals surface area contributed by atoms with Gasteiger partial charge in [0.2, 0.25) is 5.91 Å². The van der Waals surface area contributed by atoms with Crippen molar-refractivity contribution in [3.63, 3.8) is 0 Å². The van der Waals surface area contributed by atoms with Crippen LogP contribution >= 0.6 is 12.4 Å². The van der Waals surface area contributed by atoms with Gasteiger partial charge in [-0.3, -0.25) is 14.5 Å². The standard InChI is InChI=1S/C19H28N2O5.ClH/c1-4-26-16-9-8-14(11-17(16)25-3)13(2)20-18(22)12-21-10-6-5-7-15(21)19(23)24;/h8-9,11,13,15H,4-7,10,12H2,1-3H3,(H,20,22)(H,23,24);1H. The highest BCUT2D eigenvalue weighted by atomic mass is 35.5. The summed E-state index contributed by atoms with van der Waals surface area (Å²) in [5, 5.41) is 12.2. The van der Waals surface area contributed by atoms with E-state index in [2.05, 4.69) is 5.32 Å². The van der Waals surface area contributed by atoms with Crippen LogP contribution in [0.3, 0.4) is 0 Å². The van der Waals surface area contributed by atoms with Crippen LogP contribution in [0.15, 0.2) is 18.2 Å². The SMILES string of the molecule is CCOc1ccc(C(C)NC(=O)CN2CCCCC2C(=O)O)cc1OC.Cl. The van der Waals surface area contributed by atoms with E-state index >= 15 is 0 Å². The zero-order valence-corrected chi connectivity index (χ0v) is 16.9. The molecule has 2 rings (SSSR count). The molecule has 1 amide bonds. The number of methoxy groups -OCH3 is 1. The number of piperidine rings is 1. The zero-order valence-electron chi connectivity index (χ0n) is 16.1. The molecule has 27 heavy (non-hydrogen) atoms. The van der Waals surface area contributed by atoms with Crippen LogP contribution in [0.2, 0.25) is 0 Å². The normalized spacial score (nSPS) is 18.1. The van der Waals surface area contributed by atoms with E-state index in [1.54, 1.807) is 12.0 Å². The predicted octanol–water partition coefficient (Wildman–Crippen LogP) is 2.63. The number of aliphatic carboxylic acids is 1. The molecule has 1 saturated heterocycles. The van der Waals surface area contributed by atoms with E-state index in [1.807, 2.05) is 32.0 Å². The number of hydrogen-bond donors (Lipinski definition) is 2. The number of carbonyl (C=O) groups is 2. The Balaban J connectivity index is 0.00000364. The first kappa shape index (κ1) is 23.0. The minimum Gasteiger partial charge on any atom is -0.493 e. The van der Waals surface area contributed by atoms with Gasteiger partial charge in [-0.1, -0.05) is 12.5 Å². The number of halogens is 1. The van der Waals surface area contributed by atoms with Crippen molar-refractivity contribution in [3.05, 3.63) is 23.8 Å². The van der Waals surface area contributed by atoms with E-state index in [-0.39, 0.29) is 30.9 Å². The number of carbonyl (C=O) groups excluding carboxylic acids is 1. The molecule has 1 aliphatic rings. The summed E-state index contributed by atoms with van der Waals surface area (Å²) >= 11 is 0. The van der Waals surface area contributed by atoms with Crippen molar-refractivity contribution in [1.82, 2.24) is 10.2 Å². The van der Waals surface area contributed by atoms with Crippen LogP contribution < -0.4 is 14.8 Å². The lowest BCUT2D eigenvalue weighted by molar-refractivity contribution is -0.145. The van der Waals surface area contributed by atoms with Gasteiger partial charge in [-0.05, 0) is 50.9 Å². The molecule has 1 aromatic carbocycles. The van der Waals surface area contributed by atoms with Crippen molar-refractivity contribution in [2.45, 2.75) is 45.2 Å². The van der Waals surface area contributed by atoms with Crippen molar-refractivity contribution in [2.75, 3.05) is 26.8 Å². The van der Waals surface area contributed by atoms with Crippen molar-refractivity contribution in [2.24, 2.45) is 0 Å². The minimum absolute atomic E-state index is 0. The van der Waals surface area contributed by atoms with Crippen molar-refractivity contribution < 1.29 is 24.2 Å². The number of carboxylic acid groups (broad SMARTS) is 1. The van der Waals surface area contributed by atoms with E-state index in [1.165, 1.54) is 0 Å². The summed E-state index contributed by atoms with van der Waals surface area (Å²) in [6.45, 7) is 5.06. The van der Waals surface area contributed by atoms with Crippen molar-refractivity contribution in [3.8, 4) is 11.5 Å². The lowest BCUT2D eigenvalue weighted by Crippen LogP contribution is -2.49. The molecular weight excluding hydrogens is 372 g/mol. The quantitative estimate of drug-likeness (QED) is 0.697. The van der Waals surface area contributed by atoms with Gasteiger partial charge < -0.3 is 19.9 Å². The van der Waals surface area contributed by atoms with Gasteiger partial charge in [-0.15, -0.1) is 12.4 Å². The van der Waals surface area contributed by atoms with Gasteiger partial charge in [0.25, 0.3) is 0 Å². The second-order valence-electron chi connectivity index (χ2n) is 6.45. The number of amides is 1. The average Bonchev–Trinajstić information content (AvgIpc) is 2.62. The Morgan fingerprint density at radius 1 is 1.33 bits per heavy atom. The summed E-state index contributed by atoms with van der Waals surface area (Å²) in [6, 6.07) is 4.76. The third-order valence-electron chi connectivity index (χ3n) is 4.61. The summed E-state index contributed by atoms with van der Waals surface area (Å²) in [5.74, 6) is 0.239. The van der Waals surface area contributed by atoms with Gasteiger partial charge in [0.15, 0.2) is 11.5 Å². The molecule has 0 spiro atoms. The van der Waals surface area contributed by atoms with Gasteiger partial charge in [0.1, 0.15) is 6.04 Å². The van der Waals surface area contributed by atoms with E-state index in [4.69, 9.17) is 9.47 Å². The van der Waals surface area contributed by atoms with Gasteiger partial charge in [-0.2, -0.15) is 0 Å². The third kappa shape index (κ3) is 6.29. The van der Waals surface area contributed by atoms with Crippen LogP contribution in [-0.2, 0) is 9.59 Å². The molecule has 2 atom stereocenters. The molecule has 1 aliphatic heterocycles. The highest BCUT2D eigenvalue weighted by molar-refractivity contribution is 5.85. The number of nitrogens with one attached hydrogen (secondary N) is 1. The molecule has 1 heterocycles. The molecule has 7 nitrogen and oxygen atoms in total. The summed E-state index contributed by atoms with van der Waals surface area (Å²) in [4.78, 5) is 25.5.